The maximum atomic E-state index is 13.6. The molecule has 32 heavy (non-hydrogen) atoms. The molecule has 0 bridgehead atoms. The molecule has 2 aliphatic heterocycles. The minimum atomic E-state index is -3.13. The lowest BCUT2D eigenvalue weighted by atomic mass is 10.0. The molecule has 0 saturated carbocycles. The zero-order valence-electron chi connectivity index (χ0n) is 17.1. The molecule has 0 radical (unpaired) electrons. The van der Waals surface area contributed by atoms with Crippen LogP contribution in [-0.2, 0) is 9.84 Å². The standard InChI is InChI=1S/C22H20ClFN4O3S/c1-13-19(20(23)28(26-13)16-10-11-32(30,31)12-16)21-25-18-5-3-2-4-17(18)22(29)27(21)15-8-6-14(24)7-9-15/h2-9,16,21,25H,10-12H2,1H3/t16-,21+/m0/s1. The van der Waals surface area contributed by atoms with E-state index in [4.69, 9.17) is 11.6 Å². The Labute approximate surface area is 189 Å². The molecular weight excluding hydrogens is 455 g/mol. The summed E-state index contributed by atoms with van der Waals surface area (Å²) in [5, 5.41) is 8.18. The van der Waals surface area contributed by atoms with E-state index < -0.39 is 21.8 Å². The first-order valence-electron chi connectivity index (χ1n) is 10.1. The fraction of sp³-hybridized carbons (Fsp3) is 0.273. The largest absolute Gasteiger partial charge is 0.360 e. The predicted octanol–water partition coefficient (Wildman–Crippen LogP) is 4.11. The number of halogens is 2. The SMILES string of the molecule is Cc1nn([C@H]2CCS(=O)(=O)C2)c(Cl)c1[C@@H]1Nc2ccccc2C(=O)N1c1ccc(F)cc1. The van der Waals surface area contributed by atoms with E-state index >= 15 is 0 Å². The van der Waals surface area contributed by atoms with Gasteiger partial charge in [0, 0.05) is 11.4 Å². The van der Waals surface area contributed by atoms with Gasteiger partial charge < -0.3 is 5.32 Å². The number of para-hydroxylation sites is 1. The molecule has 1 amide bonds. The number of carbonyl (C=O) groups is 1. The second-order valence-corrected chi connectivity index (χ2v) is 10.6. The van der Waals surface area contributed by atoms with Crippen molar-refractivity contribution < 1.29 is 17.6 Å². The molecule has 2 aliphatic rings. The number of nitrogens with one attached hydrogen (secondary N) is 1. The topological polar surface area (TPSA) is 84.3 Å². The zero-order chi connectivity index (χ0) is 22.6. The third-order valence-electron chi connectivity index (χ3n) is 5.93. The number of anilines is 2. The maximum absolute atomic E-state index is 13.6. The second-order valence-electron chi connectivity index (χ2n) is 8.04. The number of amides is 1. The van der Waals surface area contributed by atoms with Crippen LogP contribution < -0.4 is 10.2 Å². The van der Waals surface area contributed by atoms with Crippen LogP contribution in [0.3, 0.4) is 0 Å². The zero-order valence-corrected chi connectivity index (χ0v) is 18.7. The highest BCUT2D eigenvalue weighted by Gasteiger charge is 2.39. The number of benzene rings is 2. The van der Waals surface area contributed by atoms with Gasteiger partial charge in [-0.05, 0) is 49.7 Å². The van der Waals surface area contributed by atoms with Crippen LogP contribution in [0.4, 0.5) is 15.8 Å². The van der Waals surface area contributed by atoms with E-state index in [1.54, 1.807) is 29.8 Å². The Morgan fingerprint density at radius 1 is 1.16 bits per heavy atom. The molecule has 7 nitrogen and oxygen atoms in total. The number of aryl methyl sites for hydroxylation is 1. The molecule has 2 aromatic carbocycles. The number of aromatic nitrogens is 2. The van der Waals surface area contributed by atoms with Crippen molar-refractivity contribution in [2.45, 2.75) is 25.6 Å². The summed E-state index contributed by atoms with van der Waals surface area (Å²) >= 11 is 6.76. The molecule has 3 aromatic rings. The van der Waals surface area contributed by atoms with E-state index in [2.05, 4.69) is 10.4 Å². The van der Waals surface area contributed by atoms with Crippen molar-refractivity contribution in [3.63, 3.8) is 0 Å². The molecule has 3 heterocycles. The first kappa shape index (κ1) is 21.0. The molecule has 1 fully saturated rings. The summed E-state index contributed by atoms with van der Waals surface area (Å²) in [5.74, 6) is -0.595. The van der Waals surface area contributed by atoms with Crippen LogP contribution in [0.2, 0.25) is 5.15 Å². The van der Waals surface area contributed by atoms with Gasteiger partial charge in [-0.25, -0.2) is 17.5 Å². The Bertz CT molecular complexity index is 1320. The molecule has 1 aromatic heterocycles. The van der Waals surface area contributed by atoms with Crippen LogP contribution in [0, 0.1) is 12.7 Å². The van der Waals surface area contributed by atoms with Crippen LogP contribution in [0.25, 0.3) is 0 Å². The second kappa shape index (κ2) is 7.60. The average molecular weight is 475 g/mol. The first-order chi connectivity index (χ1) is 15.2. The van der Waals surface area contributed by atoms with Crippen molar-refractivity contribution in [1.82, 2.24) is 9.78 Å². The smallest absolute Gasteiger partial charge is 0.262 e. The molecule has 5 rings (SSSR count). The number of rotatable bonds is 3. The van der Waals surface area contributed by atoms with Crippen LogP contribution in [0.15, 0.2) is 48.5 Å². The fourth-order valence-electron chi connectivity index (χ4n) is 4.38. The Morgan fingerprint density at radius 3 is 2.56 bits per heavy atom. The first-order valence-corrected chi connectivity index (χ1v) is 12.3. The summed E-state index contributed by atoms with van der Waals surface area (Å²) in [4.78, 5) is 15.0. The van der Waals surface area contributed by atoms with Crippen LogP contribution in [-0.4, -0.2) is 35.6 Å². The molecule has 1 saturated heterocycles. The summed E-state index contributed by atoms with van der Waals surface area (Å²) in [5.41, 5.74) is 2.78. The Balaban J connectivity index is 1.64. The Hall–Kier alpha value is -2.91. The van der Waals surface area contributed by atoms with Gasteiger partial charge in [0.1, 0.15) is 17.1 Å². The number of fused-ring (bicyclic) bond motifs is 1. The lowest BCUT2D eigenvalue weighted by Gasteiger charge is -2.38. The van der Waals surface area contributed by atoms with E-state index in [0.717, 1.165) is 0 Å². The molecule has 166 valence electrons. The van der Waals surface area contributed by atoms with Gasteiger partial charge in [0.2, 0.25) is 0 Å². The van der Waals surface area contributed by atoms with Crippen LogP contribution >= 0.6 is 11.6 Å². The number of sulfone groups is 1. The molecule has 2 atom stereocenters. The number of hydrogen-bond donors (Lipinski definition) is 1. The van der Waals surface area contributed by atoms with E-state index in [9.17, 15) is 17.6 Å². The monoisotopic (exact) mass is 474 g/mol. The number of hydrogen-bond acceptors (Lipinski definition) is 5. The van der Waals surface area contributed by atoms with Gasteiger partial charge in [0.05, 0.1) is 34.4 Å². The summed E-state index contributed by atoms with van der Waals surface area (Å²) < 4.78 is 39.1. The van der Waals surface area contributed by atoms with Gasteiger partial charge in [-0.1, -0.05) is 23.7 Å². The summed E-state index contributed by atoms with van der Waals surface area (Å²) in [6.45, 7) is 1.77. The van der Waals surface area contributed by atoms with E-state index in [1.165, 1.54) is 29.2 Å². The van der Waals surface area contributed by atoms with E-state index in [1.807, 2.05) is 6.07 Å². The van der Waals surface area contributed by atoms with E-state index in [0.29, 0.717) is 34.6 Å². The number of carbonyl (C=O) groups excluding carboxylic acids is 1. The predicted molar refractivity (Wildman–Crippen MR) is 120 cm³/mol. The van der Waals surface area contributed by atoms with Crippen molar-refractivity contribution >= 4 is 38.7 Å². The van der Waals surface area contributed by atoms with Gasteiger partial charge in [0.25, 0.3) is 5.91 Å². The van der Waals surface area contributed by atoms with E-state index in [-0.39, 0.29) is 28.6 Å². The molecule has 0 spiro atoms. The highest BCUT2D eigenvalue weighted by molar-refractivity contribution is 7.91. The Morgan fingerprint density at radius 2 is 1.88 bits per heavy atom. The van der Waals surface area contributed by atoms with Gasteiger partial charge in [-0.3, -0.25) is 9.69 Å². The highest BCUT2D eigenvalue weighted by atomic mass is 35.5. The maximum Gasteiger partial charge on any atom is 0.262 e. The third kappa shape index (κ3) is 3.45. The minimum absolute atomic E-state index is 0.0190. The minimum Gasteiger partial charge on any atom is -0.360 e. The van der Waals surface area contributed by atoms with Crippen molar-refractivity contribution in [3.8, 4) is 0 Å². The van der Waals surface area contributed by atoms with Gasteiger partial charge in [-0.2, -0.15) is 5.10 Å². The Kier molecular flexibility index (Phi) is 4.98. The summed E-state index contributed by atoms with van der Waals surface area (Å²) in [6.07, 6.45) is -0.272. The lowest BCUT2D eigenvalue weighted by molar-refractivity contribution is 0.0975. The van der Waals surface area contributed by atoms with Crippen LogP contribution in [0.1, 0.15) is 40.2 Å². The quantitative estimate of drug-likeness (QED) is 0.617. The summed E-state index contributed by atoms with van der Waals surface area (Å²) in [6, 6.07) is 12.4. The molecule has 10 heteroatoms. The van der Waals surface area contributed by atoms with Gasteiger partial charge in [-0.15, -0.1) is 0 Å². The molecule has 0 aliphatic carbocycles. The van der Waals surface area contributed by atoms with Gasteiger partial charge >= 0.3 is 0 Å². The normalized spacial score (nSPS) is 22.0. The number of nitrogens with zero attached hydrogens (tertiary/aromatic N) is 3. The lowest BCUT2D eigenvalue weighted by Crippen LogP contribution is -2.43. The van der Waals surface area contributed by atoms with Crippen molar-refractivity contribution in [2.75, 3.05) is 21.7 Å². The third-order valence-corrected chi connectivity index (χ3v) is 8.06. The van der Waals surface area contributed by atoms with Crippen LogP contribution in [0.5, 0.6) is 0 Å². The van der Waals surface area contributed by atoms with Crippen molar-refractivity contribution in [2.24, 2.45) is 0 Å². The van der Waals surface area contributed by atoms with Gasteiger partial charge in [0.15, 0.2) is 9.84 Å². The molecule has 1 N–H and O–H groups in total. The molecular formula is C22H20ClFN4O3S. The average Bonchev–Trinajstić information content (AvgIpc) is 3.26. The van der Waals surface area contributed by atoms with Crippen molar-refractivity contribution in [1.29, 1.82) is 0 Å². The summed E-state index contributed by atoms with van der Waals surface area (Å²) in [7, 11) is -3.13. The van der Waals surface area contributed by atoms with Crippen molar-refractivity contribution in [3.05, 3.63) is 76.3 Å². The highest BCUT2D eigenvalue weighted by Crippen LogP contribution is 2.41. The fourth-order valence-corrected chi connectivity index (χ4v) is 6.48. The molecule has 0 unspecified atom stereocenters.